The number of carbonyl (C=O) groups is 2. The smallest absolute Gasteiger partial charge is 0.222 e. The molecule has 5 heteroatoms. The minimum Gasteiger partial charge on any atom is -0.352 e. The summed E-state index contributed by atoms with van der Waals surface area (Å²) in [6, 6.07) is 14.8. The van der Waals surface area contributed by atoms with Gasteiger partial charge in [0.2, 0.25) is 11.8 Å². The predicted octanol–water partition coefficient (Wildman–Crippen LogP) is 3.53. The summed E-state index contributed by atoms with van der Waals surface area (Å²) >= 11 is 6.08. The van der Waals surface area contributed by atoms with Crippen LogP contribution in [-0.2, 0) is 16.1 Å². The number of amides is 2. The number of benzene rings is 2. The molecule has 2 amide bonds. The van der Waals surface area contributed by atoms with Crippen LogP contribution in [0.25, 0.3) is 0 Å². The summed E-state index contributed by atoms with van der Waals surface area (Å²) in [6.45, 7) is 3.80. The number of halogens is 1. The van der Waals surface area contributed by atoms with E-state index in [2.05, 4.69) is 10.6 Å². The Morgan fingerprint density at radius 2 is 1.75 bits per heavy atom. The van der Waals surface area contributed by atoms with E-state index in [1.54, 1.807) is 6.07 Å². The van der Waals surface area contributed by atoms with Gasteiger partial charge in [0, 0.05) is 18.5 Å². The van der Waals surface area contributed by atoms with E-state index in [-0.39, 0.29) is 24.3 Å². The van der Waals surface area contributed by atoms with E-state index in [0.717, 1.165) is 16.7 Å². The maximum Gasteiger partial charge on any atom is 0.222 e. The Labute approximate surface area is 147 Å². The normalized spacial score (nSPS) is 11.6. The van der Waals surface area contributed by atoms with Gasteiger partial charge in [-0.3, -0.25) is 9.59 Å². The van der Waals surface area contributed by atoms with E-state index in [0.29, 0.717) is 11.6 Å². The number of rotatable bonds is 6. The summed E-state index contributed by atoms with van der Waals surface area (Å²) in [7, 11) is 0. The Morgan fingerprint density at radius 3 is 2.38 bits per heavy atom. The molecule has 1 unspecified atom stereocenters. The molecule has 2 aromatic rings. The lowest BCUT2D eigenvalue weighted by atomic mass is 10.0. The topological polar surface area (TPSA) is 58.2 Å². The van der Waals surface area contributed by atoms with Crippen LogP contribution in [0.2, 0.25) is 5.02 Å². The third-order valence-corrected chi connectivity index (χ3v) is 4.05. The molecule has 0 saturated carbocycles. The van der Waals surface area contributed by atoms with Crippen LogP contribution in [0.15, 0.2) is 48.5 Å². The molecule has 0 fully saturated rings. The number of carbonyl (C=O) groups excluding carboxylic acids is 2. The van der Waals surface area contributed by atoms with Crippen molar-refractivity contribution in [3.8, 4) is 0 Å². The number of hydrogen-bond acceptors (Lipinski definition) is 2. The fourth-order valence-electron chi connectivity index (χ4n) is 2.39. The summed E-state index contributed by atoms with van der Waals surface area (Å²) in [6.07, 6.45) is 0.174. The van der Waals surface area contributed by atoms with Crippen molar-refractivity contribution in [1.82, 2.24) is 10.6 Å². The Bertz CT molecular complexity index is 714. The predicted molar refractivity (Wildman–Crippen MR) is 95.7 cm³/mol. The van der Waals surface area contributed by atoms with Gasteiger partial charge >= 0.3 is 0 Å². The first-order valence-electron chi connectivity index (χ1n) is 7.79. The largest absolute Gasteiger partial charge is 0.352 e. The van der Waals surface area contributed by atoms with Gasteiger partial charge in [0.05, 0.1) is 12.5 Å². The molecule has 0 heterocycles. The van der Waals surface area contributed by atoms with Gasteiger partial charge in [0.25, 0.3) is 0 Å². The fraction of sp³-hybridized carbons (Fsp3) is 0.263. The summed E-state index contributed by atoms with van der Waals surface area (Å²) < 4.78 is 0. The molecule has 2 aromatic carbocycles. The van der Waals surface area contributed by atoms with Crippen molar-refractivity contribution in [3.63, 3.8) is 0 Å². The molecule has 2 N–H and O–H groups in total. The molecular formula is C19H21ClN2O2. The van der Waals surface area contributed by atoms with Crippen molar-refractivity contribution >= 4 is 23.4 Å². The molecule has 126 valence electrons. The highest BCUT2D eigenvalue weighted by Crippen LogP contribution is 2.18. The zero-order chi connectivity index (χ0) is 17.5. The van der Waals surface area contributed by atoms with E-state index in [1.807, 2.05) is 49.4 Å². The molecule has 0 aliphatic rings. The van der Waals surface area contributed by atoms with Crippen molar-refractivity contribution in [1.29, 1.82) is 0 Å². The summed E-state index contributed by atoms with van der Waals surface area (Å²) in [4.78, 5) is 23.7. The lowest BCUT2D eigenvalue weighted by Crippen LogP contribution is -2.32. The van der Waals surface area contributed by atoms with Gasteiger partial charge < -0.3 is 10.6 Å². The molecule has 0 aliphatic heterocycles. The first kappa shape index (κ1) is 18.0. The van der Waals surface area contributed by atoms with Gasteiger partial charge in [-0.2, -0.15) is 0 Å². The summed E-state index contributed by atoms with van der Waals surface area (Å²) in [5, 5.41) is 6.30. The highest BCUT2D eigenvalue weighted by molar-refractivity contribution is 6.31. The molecule has 1 atom stereocenters. The molecule has 0 spiro atoms. The zero-order valence-electron chi connectivity index (χ0n) is 13.8. The van der Waals surface area contributed by atoms with Gasteiger partial charge in [0.15, 0.2) is 0 Å². The van der Waals surface area contributed by atoms with Crippen molar-refractivity contribution in [3.05, 3.63) is 70.2 Å². The minimum atomic E-state index is -0.352. The van der Waals surface area contributed by atoms with E-state index in [9.17, 15) is 9.59 Å². The van der Waals surface area contributed by atoms with Crippen molar-refractivity contribution in [2.75, 3.05) is 0 Å². The summed E-state index contributed by atoms with van der Waals surface area (Å²) in [5.41, 5.74) is 2.89. The highest BCUT2D eigenvalue weighted by Gasteiger charge is 2.17. The van der Waals surface area contributed by atoms with E-state index in [1.165, 1.54) is 6.92 Å². The molecule has 4 nitrogen and oxygen atoms in total. The van der Waals surface area contributed by atoms with E-state index >= 15 is 0 Å². The maximum atomic E-state index is 12.3. The molecule has 0 saturated heterocycles. The first-order valence-corrected chi connectivity index (χ1v) is 8.17. The van der Waals surface area contributed by atoms with Gasteiger partial charge in [-0.1, -0.05) is 59.6 Å². The van der Waals surface area contributed by atoms with E-state index in [4.69, 9.17) is 11.6 Å². The van der Waals surface area contributed by atoms with E-state index < -0.39 is 0 Å². The van der Waals surface area contributed by atoms with Crippen LogP contribution in [0.4, 0.5) is 0 Å². The average Bonchev–Trinajstić information content (AvgIpc) is 2.54. The van der Waals surface area contributed by atoms with Crippen LogP contribution in [0.3, 0.4) is 0 Å². The minimum absolute atomic E-state index is 0.144. The van der Waals surface area contributed by atoms with Gasteiger partial charge in [0.1, 0.15) is 0 Å². The average molecular weight is 345 g/mol. The fourth-order valence-corrected chi connectivity index (χ4v) is 2.59. The number of nitrogens with one attached hydrogen (secondary N) is 2. The molecule has 24 heavy (non-hydrogen) atoms. The van der Waals surface area contributed by atoms with Gasteiger partial charge in [-0.15, -0.1) is 0 Å². The second-order valence-electron chi connectivity index (χ2n) is 5.74. The van der Waals surface area contributed by atoms with Crippen LogP contribution >= 0.6 is 11.6 Å². The Kier molecular flexibility index (Phi) is 6.38. The monoisotopic (exact) mass is 344 g/mol. The lowest BCUT2D eigenvalue weighted by molar-refractivity contribution is -0.122. The Balaban J connectivity index is 2.00. The van der Waals surface area contributed by atoms with Crippen LogP contribution < -0.4 is 10.6 Å². The maximum absolute atomic E-state index is 12.3. The molecule has 0 radical (unpaired) electrons. The third-order valence-electron chi connectivity index (χ3n) is 3.68. The molecule has 2 rings (SSSR count). The SMILES string of the molecule is CC(=O)NC(CC(=O)NCc1ccccc1Cl)c1ccc(C)cc1. The van der Waals surface area contributed by atoms with Crippen LogP contribution in [0.5, 0.6) is 0 Å². The standard InChI is InChI=1S/C19H21ClN2O2/c1-13-7-9-15(10-8-13)18(22-14(2)23)11-19(24)21-12-16-5-3-4-6-17(16)20/h3-10,18H,11-12H2,1-2H3,(H,21,24)(H,22,23). The van der Waals surface area contributed by atoms with Crippen LogP contribution in [-0.4, -0.2) is 11.8 Å². The Hall–Kier alpha value is -2.33. The second kappa shape index (κ2) is 8.50. The van der Waals surface area contributed by atoms with Gasteiger partial charge in [-0.25, -0.2) is 0 Å². The molecule has 0 aromatic heterocycles. The lowest BCUT2D eigenvalue weighted by Gasteiger charge is -2.18. The molecule has 0 aliphatic carbocycles. The number of hydrogen-bond donors (Lipinski definition) is 2. The van der Waals surface area contributed by atoms with Crippen molar-refractivity contribution in [2.45, 2.75) is 32.9 Å². The van der Waals surface area contributed by atoms with Crippen LogP contribution in [0, 0.1) is 6.92 Å². The second-order valence-corrected chi connectivity index (χ2v) is 6.14. The van der Waals surface area contributed by atoms with Crippen LogP contribution in [0.1, 0.15) is 36.1 Å². The molecule has 0 bridgehead atoms. The summed E-state index contributed by atoms with van der Waals surface area (Å²) in [5.74, 6) is -0.311. The molecular weight excluding hydrogens is 324 g/mol. The number of aryl methyl sites for hydroxylation is 1. The quantitative estimate of drug-likeness (QED) is 0.842. The highest BCUT2D eigenvalue weighted by atomic mass is 35.5. The third kappa shape index (κ3) is 5.39. The first-order chi connectivity index (χ1) is 11.5. The Morgan fingerprint density at radius 1 is 1.08 bits per heavy atom. The van der Waals surface area contributed by atoms with Crippen molar-refractivity contribution in [2.24, 2.45) is 0 Å². The zero-order valence-corrected chi connectivity index (χ0v) is 14.6. The van der Waals surface area contributed by atoms with Gasteiger partial charge in [-0.05, 0) is 24.1 Å². The van der Waals surface area contributed by atoms with Crippen molar-refractivity contribution < 1.29 is 9.59 Å².